The van der Waals surface area contributed by atoms with Crippen LogP contribution in [-0.2, 0) is 6.42 Å². The van der Waals surface area contributed by atoms with Crippen LogP contribution in [0, 0.1) is 11.6 Å². The smallest absolute Gasteiger partial charge is 0.254 e. The molecule has 0 radical (unpaired) electrons. The maximum absolute atomic E-state index is 13.7. The molecule has 0 aliphatic rings. The molecule has 104 valence electrons. The molecular weight excluding hydrogens is 328 g/mol. The fraction of sp³-hybridized carbons (Fsp3) is 0.133. The second-order valence-corrected chi connectivity index (χ2v) is 5.05. The van der Waals surface area contributed by atoms with E-state index in [2.05, 4.69) is 21.2 Å². The van der Waals surface area contributed by atoms with Gasteiger partial charge in [-0.25, -0.2) is 8.78 Å². The average molecular weight is 340 g/mol. The Balaban J connectivity index is 1.96. The lowest BCUT2D eigenvalue weighted by Gasteiger charge is -2.07. The molecule has 0 bridgehead atoms. The lowest BCUT2D eigenvalue weighted by molar-refractivity contribution is 0.0950. The monoisotopic (exact) mass is 339 g/mol. The van der Waals surface area contributed by atoms with E-state index in [9.17, 15) is 13.6 Å². The Morgan fingerprint density at radius 3 is 2.60 bits per heavy atom. The molecule has 0 saturated heterocycles. The minimum Gasteiger partial charge on any atom is -0.352 e. The first-order valence-electron chi connectivity index (χ1n) is 6.05. The molecule has 2 aromatic rings. The molecule has 0 spiro atoms. The summed E-state index contributed by atoms with van der Waals surface area (Å²) >= 11 is 3.02. The molecule has 2 aromatic carbocycles. The van der Waals surface area contributed by atoms with Gasteiger partial charge >= 0.3 is 0 Å². The number of carbonyl (C=O) groups excluding carboxylic acids is 1. The number of rotatable bonds is 4. The van der Waals surface area contributed by atoms with Gasteiger partial charge in [-0.3, -0.25) is 4.79 Å². The summed E-state index contributed by atoms with van der Waals surface area (Å²) in [6.07, 6.45) is 0.355. The molecule has 20 heavy (non-hydrogen) atoms. The van der Waals surface area contributed by atoms with Crippen LogP contribution in [0.3, 0.4) is 0 Å². The van der Waals surface area contributed by atoms with Gasteiger partial charge < -0.3 is 5.32 Å². The van der Waals surface area contributed by atoms with E-state index in [1.165, 1.54) is 18.2 Å². The van der Waals surface area contributed by atoms with Crippen molar-refractivity contribution >= 4 is 21.8 Å². The SMILES string of the molecule is O=C(NCCc1ccccc1F)c1cccc(Br)c1F. The highest BCUT2D eigenvalue weighted by atomic mass is 79.9. The molecule has 1 N–H and O–H groups in total. The van der Waals surface area contributed by atoms with Crippen molar-refractivity contribution in [2.24, 2.45) is 0 Å². The normalized spacial score (nSPS) is 10.3. The van der Waals surface area contributed by atoms with Crippen molar-refractivity contribution < 1.29 is 13.6 Å². The molecule has 0 saturated carbocycles. The highest BCUT2D eigenvalue weighted by molar-refractivity contribution is 9.10. The number of halogens is 3. The largest absolute Gasteiger partial charge is 0.352 e. The first-order chi connectivity index (χ1) is 9.59. The maximum Gasteiger partial charge on any atom is 0.254 e. The molecular formula is C15H12BrF2NO. The summed E-state index contributed by atoms with van der Waals surface area (Å²) in [5, 5.41) is 2.58. The number of carbonyl (C=O) groups is 1. The van der Waals surface area contributed by atoms with E-state index in [4.69, 9.17) is 0 Å². The van der Waals surface area contributed by atoms with Crippen molar-refractivity contribution in [1.82, 2.24) is 5.32 Å². The van der Waals surface area contributed by atoms with Crippen LogP contribution in [0.25, 0.3) is 0 Å². The lowest BCUT2D eigenvalue weighted by Crippen LogP contribution is -2.26. The number of benzene rings is 2. The van der Waals surface area contributed by atoms with E-state index in [0.717, 1.165) is 0 Å². The number of hydrogen-bond donors (Lipinski definition) is 1. The molecule has 0 aliphatic carbocycles. The standard InChI is InChI=1S/C15H12BrF2NO/c16-12-6-3-5-11(14(12)18)15(20)19-9-8-10-4-1-2-7-13(10)17/h1-7H,8-9H2,(H,19,20). The number of amides is 1. The summed E-state index contributed by atoms with van der Waals surface area (Å²) in [5.74, 6) is -1.42. The van der Waals surface area contributed by atoms with Gasteiger partial charge in [0.05, 0.1) is 10.0 Å². The Kier molecular flexibility index (Phi) is 4.84. The zero-order valence-corrected chi connectivity index (χ0v) is 12.1. The second kappa shape index (κ2) is 6.61. The van der Waals surface area contributed by atoms with Crippen molar-refractivity contribution in [2.75, 3.05) is 6.54 Å². The number of nitrogens with one attached hydrogen (secondary N) is 1. The highest BCUT2D eigenvalue weighted by Crippen LogP contribution is 2.18. The van der Waals surface area contributed by atoms with Gasteiger partial charge in [-0.05, 0) is 46.1 Å². The minimum atomic E-state index is -0.601. The number of hydrogen-bond acceptors (Lipinski definition) is 1. The topological polar surface area (TPSA) is 29.1 Å². The van der Waals surface area contributed by atoms with Gasteiger partial charge in [-0.1, -0.05) is 24.3 Å². The van der Waals surface area contributed by atoms with E-state index in [-0.39, 0.29) is 22.4 Å². The first-order valence-corrected chi connectivity index (χ1v) is 6.84. The quantitative estimate of drug-likeness (QED) is 0.904. The molecule has 1 amide bonds. The van der Waals surface area contributed by atoms with E-state index >= 15 is 0 Å². The first kappa shape index (κ1) is 14.7. The van der Waals surface area contributed by atoms with Gasteiger partial charge in [-0.15, -0.1) is 0 Å². The summed E-state index contributed by atoms with van der Waals surface area (Å²) in [6, 6.07) is 10.9. The van der Waals surface area contributed by atoms with Gasteiger partial charge in [0.15, 0.2) is 0 Å². The van der Waals surface area contributed by atoms with Crippen molar-refractivity contribution in [3.05, 3.63) is 69.7 Å². The van der Waals surface area contributed by atoms with Gasteiger partial charge in [-0.2, -0.15) is 0 Å². The van der Waals surface area contributed by atoms with Crippen LogP contribution < -0.4 is 5.32 Å². The van der Waals surface area contributed by atoms with E-state index in [1.54, 1.807) is 24.3 Å². The molecule has 2 rings (SSSR count). The Bertz CT molecular complexity index is 631. The lowest BCUT2D eigenvalue weighted by atomic mass is 10.1. The van der Waals surface area contributed by atoms with Crippen LogP contribution in [0.15, 0.2) is 46.9 Å². The molecule has 0 heterocycles. The van der Waals surface area contributed by atoms with Gasteiger partial charge in [0.2, 0.25) is 0 Å². The van der Waals surface area contributed by atoms with E-state index in [0.29, 0.717) is 12.0 Å². The maximum atomic E-state index is 13.7. The van der Waals surface area contributed by atoms with Gasteiger partial charge in [0.25, 0.3) is 5.91 Å². The molecule has 0 aliphatic heterocycles. The Morgan fingerprint density at radius 2 is 1.85 bits per heavy atom. The molecule has 0 fully saturated rings. The van der Waals surface area contributed by atoms with Gasteiger partial charge in [0, 0.05) is 6.54 Å². The predicted molar refractivity (Wildman–Crippen MR) is 76.5 cm³/mol. The predicted octanol–water partition coefficient (Wildman–Crippen LogP) is 3.70. The molecule has 2 nitrogen and oxygen atoms in total. The Hall–Kier alpha value is -1.75. The molecule has 0 unspecified atom stereocenters. The fourth-order valence-electron chi connectivity index (χ4n) is 1.79. The van der Waals surface area contributed by atoms with Crippen LogP contribution in [0.5, 0.6) is 0 Å². The van der Waals surface area contributed by atoms with Crippen molar-refractivity contribution in [3.63, 3.8) is 0 Å². The average Bonchev–Trinajstić information content (AvgIpc) is 2.44. The molecule has 0 aromatic heterocycles. The summed E-state index contributed by atoms with van der Waals surface area (Å²) in [6.45, 7) is 0.242. The van der Waals surface area contributed by atoms with Crippen LogP contribution >= 0.6 is 15.9 Å². The van der Waals surface area contributed by atoms with Crippen LogP contribution in [-0.4, -0.2) is 12.5 Å². The Labute approximate surface area is 123 Å². The van der Waals surface area contributed by atoms with Crippen molar-refractivity contribution in [2.45, 2.75) is 6.42 Å². The Morgan fingerprint density at radius 1 is 1.10 bits per heavy atom. The summed E-state index contributed by atoms with van der Waals surface area (Å²) in [7, 11) is 0. The zero-order chi connectivity index (χ0) is 14.5. The van der Waals surface area contributed by atoms with Crippen LogP contribution in [0.1, 0.15) is 15.9 Å². The van der Waals surface area contributed by atoms with E-state index < -0.39 is 11.7 Å². The summed E-state index contributed by atoms with van der Waals surface area (Å²) < 4.78 is 27.3. The third kappa shape index (κ3) is 3.42. The third-order valence-corrected chi connectivity index (χ3v) is 3.45. The van der Waals surface area contributed by atoms with Crippen LogP contribution in [0.4, 0.5) is 8.78 Å². The van der Waals surface area contributed by atoms with Crippen molar-refractivity contribution in [1.29, 1.82) is 0 Å². The second-order valence-electron chi connectivity index (χ2n) is 4.20. The van der Waals surface area contributed by atoms with Crippen molar-refractivity contribution in [3.8, 4) is 0 Å². The molecule has 0 atom stereocenters. The minimum absolute atomic E-state index is 0.0343. The third-order valence-electron chi connectivity index (χ3n) is 2.83. The van der Waals surface area contributed by atoms with E-state index in [1.807, 2.05) is 0 Å². The van der Waals surface area contributed by atoms with Gasteiger partial charge in [0.1, 0.15) is 11.6 Å². The zero-order valence-electron chi connectivity index (χ0n) is 10.5. The fourth-order valence-corrected chi connectivity index (χ4v) is 2.15. The summed E-state index contributed by atoms with van der Waals surface area (Å²) in [5.41, 5.74) is 0.482. The van der Waals surface area contributed by atoms with Crippen LogP contribution in [0.2, 0.25) is 0 Å². The summed E-state index contributed by atoms with van der Waals surface area (Å²) in [4.78, 5) is 11.8. The molecule has 5 heteroatoms. The highest BCUT2D eigenvalue weighted by Gasteiger charge is 2.13.